The fourth-order valence-electron chi connectivity index (χ4n) is 3.07. The normalized spacial score (nSPS) is 10.5. The monoisotopic (exact) mass is 374 g/mol. The molecule has 1 heterocycles. The van der Waals surface area contributed by atoms with Crippen molar-refractivity contribution >= 4 is 11.7 Å². The van der Waals surface area contributed by atoms with Crippen molar-refractivity contribution in [3.8, 4) is 11.4 Å². The van der Waals surface area contributed by atoms with Crippen LogP contribution in [0.4, 0.5) is 5.82 Å². The highest BCUT2D eigenvalue weighted by Crippen LogP contribution is 2.21. The largest absolute Gasteiger partial charge is 0.355 e. The summed E-state index contributed by atoms with van der Waals surface area (Å²) in [6, 6.07) is 21.8. The number of amides is 1. The number of hydrogen-bond donors (Lipinski definition) is 0. The molecule has 0 bridgehead atoms. The van der Waals surface area contributed by atoms with Crippen LogP contribution in [-0.4, -0.2) is 40.9 Å². The van der Waals surface area contributed by atoms with E-state index in [2.05, 4.69) is 17.1 Å². The van der Waals surface area contributed by atoms with E-state index in [-0.39, 0.29) is 5.91 Å². The Morgan fingerprint density at radius 1 is 0.893 bits per heavy atom. The molecule has 1 amide bonds. The van der Waals surface area contributed by atoms with Crippen LogP contribution in [0.3, 0.4) is 0 Å². The molecule has 0 aliphatic heterocycles. The van der Waals surface area contributed by atoms with Gasteiger partial charge in [0.1, 0.15) is 11.5 Å². The molecule has 0 aliphatic rings. The van der Waals surface area contributed by atoms with E-state index in [0.717, 1.165) is 11.4 Å². The predicted octanol–water partition coefficient (Wildman–Crippen LogP) is 4.26. The predicted molar refractivity (Wildman–Crippen MR) is 113 cm³/mol. The van der Waals surface area contributed by atoms with E-state index in [9.17, 15) is 4.79 Å². The summed E-state index contributed by atoms with van der Waals surface area (Å²) in [5.41, 5.74) is 2.50. The first-order chi connectivity index (χ1) is 13.6. The van der Waals surface area contributed by atoms with E-state index in [0.29, 0.717) is 31.2 Å². The lowest BCUT2D eigenvalue weighted by Crippen LogP contribution is -2.31. The average Bonchev–Trinajstić information content (AvgIpc) is 2.75. The van der Waals surface area contributed by atoms with Crippen LogP contribution in [0, 0.1) is 0 Å². The first-order valence-corrected chi connectivity index (χ1v) is 9.61. The minimum Gasteiger partial charge on any atom is -0.355 e. The molecule has 0 atom stereocenters. The van der Waals surface area contributed by atoms with Gasteiger partial charge in [-0.2, -0.15) is 0 Å². The van der Waals surface area contributed by atoms with Crippen LogP contribution >= 0.6 is 0 Å². The van der Waals surface area contributed by atoms with Gasteiger partial charge in [0.15, 0.2) is 5.82 Å². The van der Waals surface area contributed by atoms with Crippen molar-refractivity contribution in [1.29, 1.82) is 0 Å². The van der Waals surface area contributed by atoms with Gasteiger partial charge in [-0.1, -0.05) is 60.7 Å². The lowest BCUT2D eigenvalue weighted by atomic mass is 10.2. The van der Waals surface area contributed by atoms with Crippen molar-refractivity contribution in [1.82, 2.24) is 14.9 Å². The fourth-order valence-corrected chi connectivity index (χ4v) is 3.07. The average molecular weight is 374 g/mol. The quantitative estimate of drug-likeness (QED) is 0.620. The maximum Gasteiger partial charge on any atom is 0.272 e. The molecule has 0 N–H and O–H groups in total. The highest BCUT2D eigenvalue weighted by molar-refractivity contribution is 5.93. The Morgan fingerprint density at radius 2 is 1.50 bits per heavy atom. The van der Waals surface area contributed by atoms with Gasteiger partial charge in [-0.25, -0.2) is 9.97 Å². The third kappa shape index (κ3) is 4.55. The van der Waals surface area contributed by atoms with Crippen molar-refractivity contribution in [3.05, 3.63) is 78.0 Å². The van der Waals surface area contributed by atoms with Crippen molar-refractivity contribution in [3.63, 3.8) is 0 Å². The first kappa shape index (κ1) is 19.5. The maximum atomic E-state index is 12.9. The third-order valence-electron chi connectivity index (χ3n) is 4.67. The van der Waals surface area contributed by atoms with Gasteiger partial charge in [0.2, 0.25) is 0 Å². The number of carbonyl (C=O) groups excluding carboxylic acids is 1. The van der Waals surface area contributed by atoms with Gasteiger partial charge in [-0.15, -0.1) is 0 Å². The number of hydrogen-bond acceptors (Lipinski definition) is 4. The van der Waals surface area contributed by atoms with Crippen LogP contribution in [0.2, 0.25) is 0 Å². The van der Waals surface area contributed by atoms with E-state index >= 15 is 0 Å². The lowest BCUT2D eigenvalue weighted by Gasteiger charge is -2.22. The topological polar surface area (TPSA) is 49.3 Å². The molecule has 28 heavy (non-hydrogen) atoms. The first-order valence-electron chi connectivity index (χ1n) is 9.61. The summed E-state index contributed by atoms with van der Waals surface area (Å²) in [4.78, 5) is 26.1. The number of anilines is 1. The molecule has 0 unspecified atom stereocenters. The van der Waals surface area contributed by atoms with Crippen LogP contribution in [0.5, 0.6) is 0 Å². The molecule has 2 aromatic carbocycles. The van der Waals surface area contributed by atoms with Crippen LogP contribution in [0.15, 0.2) is 66.7 Å². The Morgan fingerprint density at radius 3 is 2.11 bits per heavy atom. The van der Waals surface area contributed by atoms with Gasteiger partial charge < -0.3 is 9.80 Å². The van der Waals surface area contributed by atoms with Gasteiger partial charge in [0, 0.05) is 38.3 Å². The minimum absolute atomic E-state index is 0.0704. The molecule has 5 nitrogen and oxygen atoms in total. The highest BCUT2D eigenvalue weighted by atomic mass is 16.2. The van der Waals surface area contributed by atoms with Gasteiger partial charge in [0.25, 0.3) is 5.91 Å². The van der Waals surface area contributed by atoms with E-state index in [1.54, 1.807) is 11.0 Å². The van der Waals surface area contributed by atoms with E-state index in [1.165, 1.54) is 5.56 Å². The number of rotatable bonds is 7. The van der Waals surface area contributed by atoms with Crippen molar-refractivity contribution in [2.45, 2.75) is 20.4 Å². The summed E-state index contributed by atoms with van der Waals surface area (Å²) in [6.45, 7) is 5.95. The Kier molecular flexibility index (Phi) is 6.37. The second-order valence-electron chi connectivity index (χ2n) is 6.62. The lowest BCUT2D eigenvalue weighted by molar-refractivity contribution is 0.0767. The third-order valence-corrected chi connectivity index (χ3v) is 4.67. The maximum absolute atomic E-state index is 12.9. The van der Waals surface area contributed by atoms with Crippen LogP contribution < -0.4 is 4.90 Å². The van der Waals surface area contributed by atoms with Crippen LogP contribution in [0.1, 0.15) is 29.9 Å². The number of carbonyl (C=O) groups is 1. The molecule has 3 rings (SSSR count). The van der Waals surface area contributed by atoms with Gasteiger partial charge >= 0.3 is 0 Å². The molecule has 0 saturated heterocycles. The molecule has 0 spiro atoms. The van der Waals surface area contributed by atoms with Gasteiger partial charge in [0.05, 0.1) is 0 Å². The van der Waals surface area contributed by atoms with Crippen LogP contribution in [0.25, 0.3) is 11.4 Å². The van der Waals surface area contributed by atoms with E-state index < -0.39 is 0 Å². The summed E-state index contributed by atoms with van der Waals surface area (Å²) in [5, 5.41) is 0. The van der Waals surface area contributed by atoms with Gasteiger partial charge in [-0.05, 0) is 19.4 Å². The van der Waals surface area contributed by atoms with Crippen molar-refractivity contribution in [2.75, 3.05) is 25.0 Å². The van der Waals surface area contributed by atoms with E-state index in [1.807, 2.05) is 74.3 Å². The number of nitrogens with zero attached hydrogens (tertiary/aromatic N) is 4. The Balaban J connectivity index is 2.00. The molecule has 0 saturated carbocycles. The Hall–Kier alpha value is -3.21. The van der Waals surface area contributed by atoms with Crippen molar-refractivity contribution < 1.29 is 4.79 Å². The second-order valence-corrected chi connectivity index (χ2v) is 6.62. The Bertz CT molecular complexity index is 908. The molecule has 1 aromatic heterocycles. The number of aromatic nitrogens is 2. The number of benzene rings is 2. The second kappa shape index (κ2) is 9.13. The molecule has 5 heteroatoms. The molecular formula is C23H26N4O. The molecule has 144 valence electrons. The SMILES string of the molecule is CCN(CC)C(=O)c1cc(N(C)Cc2ccccc2)nc(-c2ccccc2)n1. The summed E-state index contributed by atoms with van der Waals surface area (Å²) < 4.78 is 0. The smallest absolute Gasteiger partial charge is 0.272 e. The molecule has 0 fully saturated rings. The van der Waals surface area contributed by atoms with Crippen molar-refractivity contribution in [2.24, 2.45) is 0 Å². The molecule has 3 aromatic rings. The summed E-state index contributed by atoms with van der Waals surface area (Å²) in [5.74, 6) is 1.22. The summed E-state index contributed by atoms with van der Waals surface area (Å²) in [7, 11) is 1.98. The molecule has 0 aliphatic carbocycles. The zero-order chi connectivity index (χ0) is 19.9. The standard InChI is InChI=1S/C23H26N4O/c1-4-27(5-2)23(28)20-16-21(26(3)17-18-12-8-6-9-13-18)25-22(24-20)19-14-10-7-11-15-19/h6-16H,4-5,17H2,1-3H3. The summed E-state index contributed by atoms with van der Waals surface area (Å²) >= 11 is 0. The summed E-state index contributed by atoms with van der Waals surface area (Å²) in [6.07, 6.45) is 0. The van der Waals surface area contributed by atoms with E-state index in [4.69, 9.17) is 4.98 Å². The molecular weight excluding hydrogens is 348 g/mol. The zero-order valence-electron chi connectivity index (χ0n) is 16.7. The van der Waals surface area contributed by atoms with Gasteiger partial charge in [-0.3, -0.25) is 4.79 Å². The Labute approximate surface area is 166 Å². The fraction of sp³-hybridized carbons (Fsp3) is 0.261. The highest BCUT2D eigenvalue weighted by Gasteiger charge is 2.18. The minimum atomic E-state index is -0.0704. The zero-order valence-corrected chi connectivity index (χ0v) is 16.7. The molecule has 0 radical (unpaired) electrons. The van der Waals surface area contributed by atoms with Crippen LogP contribution in [-0.2, 0) is 6.54 Å².